The third-order valence-corrected chi connectivity index (χ3v) is 5.05. The van der Waals surface area contributed by atoms with Gasteiger partial charge in [-0.1, -0.05) is 12.1 Å². The number of phenols is 1. The Morgan fingerprint density at radius 2 is 1.26 bits per heavy atom. The minimum Gasteiger partial charge on any atom is -0.508 e. The highest BCUT2D eigenvalue weighted by atomic mass is 16.4. The molecular formula is C22H29N5O11. The molecule has 0 saturated carbocycles. The maximum atomic E-state index is 13.1. The average Bonchev–Trinajstić information content (AvgIpc) is 2.81. The van der Waals surface area contributed by atoms with Gasteiger partial charge in [0, 0.05) is 12.8 Å². The predicted octanol–water partition coefficient (Wildman–Crippen LogP) is -2.98. The number of amides is 4. The molecule has 0 saturated heterocycles. The van der Waals surface area contributed by atoms with Crippen molar-refractivity contribution >= 4 is 41.5 Å². The Bertz CT molecular complexity index is 1060. The second kappa shape index (κ2) is 14.7. The Morgan fingerprint density at radius 1 is 0.737 bits per heavy atom. The lowest BCUT2D eigenvalue weighted by atomic mass is 10.0. The van der Waals surface area contributed by atoms with Gasteiger partial charge in [-0.25, -0.2) is 4.79 Å². The fourth-order valence-electron chi connectivity index (χ4n) is 3.10. The lowest BCUT2D eigenvalue weighted by Gasteiger charge is -2.24. The third kappa shape index (κ3) is 11.3. The Hall–Kier alpha value is -4.73. The second-order valence-corrected chi connectivity index (χ2v) is 8.20. The highest BCUT2D eigenvalue weighted by molar-refractivity contribution is 5.96. The summed E-state index contributed by atoms with van der Waals surface area (Å²) >= 11 is 0. The number of phenolic OH excluding ortho intramolecular Hbond substituents is 1. The van der Waals surface area contributed by atoms with Crippen molar-refractivity contribution in [1.29, 1.82) is 0 Å². The maximum Gasteiger partial charge on any atom is 0.326 e. The van der Waals surface area contributed by atoms with E-state index in [0.29, 0.717) is 5.56 Å². The molecule has 0 bridgehead atoms. The number of hydrogen-bond acceptors (Lipinski definition) is 9. The van der Waals surface area contributed by atoms with Gasteiger partial charge in [0.15, 0.2) is 0 Å². The van der Waals surface area contributed by atoms with Crippen molar-refractivity contribution in [2.24, 2.45) is 11.5 Å². The van der Waals surface area contributed by atoms with Crippen LogP contribution in [0.25, 0.3) is 0 Å². The normalized spacial score (nSPS) is 13.7. The van der Waals surface area contributed by atoms with E-state index in [4.69, 9.17) is 16.6 Å². The van der Waals surface area contributed by atoms with Crippen molar-refractivity contribution in [2.75, 3.05) is 0 Å². The molecule has 0 radical (unpaired) electrons. The zero-order chi connectivity index (χ0) is 29.0. The number of nitrogens with one attached hydrogen (secondary N) is 3. The van der Waals surface area contributed by atoms with Crippen molar-refractivity contribution in [3.8, 4) is 5.75 Å². The average molecular weight is 539 g/mol. The van der Waals surface area contributed by atoms with E-state index in [1.54, 1.807) is 0 Å². The first-order chi connectivity index (χ1) is 17.7. The highest BCUT2D eigenvalue weighted by Crippen LogP contribution is 2.12. The van der Waals surface area contributed by atoms with Crippen LogP contribution in [-0.4, -0.2) is 86.1 Å². The molecule has 4 amide bonds. The number of benzene rings is 1. The van der Waals surface area contributed by atoms with E-state index in [-0.39, 0.29) is 18.6 Å². The van der Waals surface area contributed by atoms with E-state index in [9.17, 15) is 48.9 Å². The van der Waals surface area contributed by atoms with Gasteiger partial charge < -0.3 is 47.8 Å². The van der Waals surface area contributed by atoms with Gasteiger partial charge in [0.2, 0.25) is 23.6 Å². The van der Waals surface area contributed by atoms with Crippen LogP contribution in [0, 0.1) is 0 Å². The van der Waals surface area contributed by atoms with Crippen molar-refractivity contribution < 1.29 is 54.0 Å². The second-order valence-electron chi connectivity index (χ2n) is 8.20. The van der Waals surface area contributed by atoms with Gasteiger partial charge in [-0.15, -0.1) is 0 Å². The van der Waals surface area contributed by atoms with Gasteiger partial charge in [-0.05, 0) is 24.1 Å². The molecule has 1 aromatic carbocycles. The molecule has 1 aromatic rings. The summed E-state index contributed by atoms with van der Waals surface area (Å²) in [4.78, 5) is 82.6. The van der Waals surface area contributed by atoms with Crippen LogP contribution in [0.5, 0.6) is 5.75 Å². The van der Waals surface area contributed by atoms with E-state index in [2.05, 4.69) is 10.6 Å². The first-order valence-corrected chi connectivity index (χ1v) is 11.1. The molecule has 0 aliphatic rings. The number of nitrogens with two attached hydrogens (primary N) is 2. The van der Waals surface area contributed by atoms with Crippen LogP contribution in [0.4, 0.5) is 0 Å². The molecule has 0 aromatic heterocycles. The molecule has 16 heteroatoms. The quantitative estimate of drug-likeness (QED) is 0.102. The summed E-state index contributed by atoms with van der Waals surface area (Å²) < 4.78 is 0. The summed E-state index contributed by atoms with van der Waals surface area (Å²) in [5, 5.41) is 43.0. The lowest BCUT2D eigenvalue weighted by molar-refractivity contribution is -0.145. The highest BCUT2D eigenvalue weighted by Gasteiger charge is 2.32. The zero-order valence-corrected chi connectivity index (χ0v) is 20.0. The summed E-state index contributed by atoms with van der Waals surface area (Å²) in [6.45, 7) is 0. The van der Waals surface area contributed by atoms with Crippen LogP contribution < -0.4 is 27.4 Å². The van der Waals surface area contributed by atoms with E-state index in [0.717, 1.165) is 0 Å². The summed E-state index contributed by atoms with van der Waals surface area (Å²) in [7, 11) is 0. The number of carbonyl (C=O) groups excluding carboxylic acids is 4. The molecule has 208 valence electrons. The number of primary amides is 1. The number of carbonyl (C=O) groups is 7. The first kappa shape index (κ1) is 31.3. The van der Waals surface area contributed by atoms with Crippen molar-refractivity contribution in [2.45, 2.75) is 56.3 Å². The number of rotatable bonds is 16. The number of hydrogen-bond donors (Lipinski definition) is 9. The van der Waals surface area contributed by atoms with E-state index in [1.165, 1.54) is 24.3 Å². The number of aromatic hydroxyl groups is 1. The topological polar surface area (TPSA) is 289 Å². The molecule has 4 atom stereocenters. The van der Waals surface area contributed by atoms with Crippen LogP contribution >= 0.6 is 0 Å². The van der Waals surface area contributed by atoms with Crippen LogP contribution in [0.3, 0.4) is 0 Å². The van der Waals surface area contributed by atoms with E-state index < -0.39 is 85.0 Å². The number of carboxylic acids is 3. The number of aliphatic carboxylic acids is 3. The van der Waals surface area contributed by atoms with Gasteiger partial charge in [0.25, 0.3) is 0 Å². The van der Waals surface area contributed by atoms with Gasteiger partial charge in [-0.3, -0.25) is 28.8 Å². The zero-order valence-electron chi connectivity index (χ0n) is 20.0. The number of carboxylic acid groups (broad SMARTS) is 3. The molecule has 1 rings (SSSR count). The van der Waals surface area contributed by atoms with Gasteiger partial charge in [0.05, 0.1) is 18.9 Å². The minimum atomic E-state index is -1.82. The molecule has 0 fully saturated rings. The first-order valence-electron chi connectivity index (χ1n) is 11.1. The maximum absolute atomic E-state index is 13.1. The van der Waals surface area contributed by atoms with Crippen molar-refractivity contribution in [3.63, 3.8) is 0 Å². The fraction of sp³-hybridized carbons (Fsp3) is 0.409. The molecule has 16 nitrogen and oxygen atoms in total. The predicted molar refractivity (Wildman–Crippen MR) is 126 cm³/mol. The van der Waals surface area contributed by atoms with Gasteiger partial charge in [0.1, 0.15) is 23.9 Å². The molecular weight excluding hydrogens is 510 g/mol. The van der Waals surface area contributed by atoms with Crippen LogP contribution in [0.1, 0.15) is 31.2 Å². The molecule has 0 aliphatic heterocycles. The monoisotopic (exact) mass is 539 g/mol. The summed E-state index contributed by atoms with van der Waals surface area (Å²) in [5.41, 5.74) is 11.1. The van der Waals surface area contributed by atoms with Crippen molar-refractivity contribution in [1.82, 2.24) is 16.0 Å². The van der Waals surface area contributed by atoms with E-state index in [1.807, 2.05) is 5.32 Å². The minimum absolute atomic E-state index is 0.0865. The smallest absolute Gasteiger partial charge is 0.326 e. The van der Waals surface area contributed by atoms with E-state index >= 15 is 0 Å². The Morgan fingerprint density at radius 3 is 1.76 bits per heavy atom. The SMILES string of the molecule is NC(=O)CC(NC(=O)C(CC(=O)O)NC(=O)C(Cc1ccc(O)cc1)NC(=O)C(N)CCC(=O)O)C(=O)O. The largest absolute Gasteiger partial charge is 0.508 e. The van der Waals surface area contributed by atoms with Crippen molar-refractivity contribution in [3.05, 3.63) is 29.8 Å². The molecule has 38 heavy (non-hydrogen) atoms. The summed E-state index contributed by atoms with van der Waals surface area (Å²) in [6.07, 6.45) is -2.69. The Kier molecular flexibility index (Phi) is 12.1. The standard InChI is InChI=1S/C22H29N5O11/c23-12(5-6-17(30)31)19(34)25-13(7-10-1-3-11(28)4-2-10)20(35)26-14(9-18(32)33)21(36)27-15(22(37)38)8-16(24)29/h1-4,12-15,28H,5-9,23H2,(H2,24,29)(H,25,34)(H,26,35)(H,27,36)(H,30,31)(H,32,33)(H,37,38). The van der Waals surface area contributed by atoms with Gasteiger partial charge in [-0.2, -0.15) is 0 Å². The van der Waals surface area contributed by atoms with Gasteiger partial charge >= 0.3 is 17.9 Å². The molecule has 0 spiro atoms. The fourth-order valence-corrected chi connectivity index (χ4v) is 3.10. The Balaban J connectivity index is 3.15. The Labute approximate surface area is 215 Å². The molecule has 4 unspecified atom stereocenters. The summed E-state index contributed by atoms with van der Waals surface area (Å²) in [6, 6.07) is -0.935. The van der Waals surface area contributed by atoms with Crippen LogP contribution in [-0.2, 0) is 40.0 Å². The lowest BCUT2D eigenvalue weighted by Crippen LogP contribution is -2.58. The van der Waals surface area contributed by atoms with Crippen LogP contribution in [0.2, 0.25) is 0 Å². The molecule has 0 aliphatic carbocycles. The molecule has 11 N–H and O–H groups in total. The molecule has 0 heterocycles. The third-order valence-electron chi connectivity index (χ3n) is 5.05. The van der Waals surface area contributed by atoms with Crippen LogP contribution in [0.15, 0.2) is 24.3 Å². The summed E-state index contributed by atoms with van der Waals surface area (Å²) in [5.74, 6) is -8.74.